The molecule has 0 atom stereocenters. The minimum absolute atomic E-state index is 0.0575. The average Bonchev–Trinajstić information content (AvgIpc) is 2.47. The molecule has 0 bridgehead atoms. The fourth-order valence-electron chi connectivity index (χ4n) is 2.43. The van der Waals surface area contributed by atoms with Crippen molar-refractivity contribution in [2.45, 2.75) is 39.3 Å². The van der Waals surface area contributed by atoms with Crippen LogP contribution in [0, 0.1) is 0 Å². The van der Waals surface area contributed by atoms with Crippen LogP contribution in [0.3, 0.4) is 0 Å². The zero-order valence-electron chi connectivity index (χ0n) is 11.8. The monoisotopic (exact) mass is 263 g/mol. The van der Waals surface area contributed by atoms with Gasteiger partial charge in [0.1, 0.15) is 5.75 Å². The summed E-state index contributed by atoms with van der Waals surface area (Å²) in [6.45, 7) is 5.00. The summed E-state index contributed by atoms with van der Waals surface area (Å²) in [4.78, 5) is 14.3. The third-order valence-corrected chi connectivity index (χ3v) is 3.67. The van der Waals surface area contributed by atoms with E-state index in [-0.39, 0.29) is 18.7 Å². The van der Waals surface area contributed by atoms with Crippen molar-refractivity contribution in [2.24, 2.45) is 0 Å². The summed E-state index contributed by atoms with van der Waals surface area (Å²) in [6, 6.07) is 5.84. The number of hydrogen-bond acceptors (Lipinski definition) is 3. The Morgan fingerprint density at radius 2 is 2.11 bits per heavy atom. The van der Waals surface area contributed by atoms with Crippen molar-refractivity contribution in [3.8, 4) is 5.75 Å². The van der Waals surface area contributed by atoms with Gasteiger partial charge in [0, 0.05) is 24.2 Å². The van der Waals surface area contributed by atoms with E-state index in [9.17, 15) is 4.79 Å². The second-order valence-corrected chi connectivity index (χ2v) is 4.82. The number of nitrogens with zero attached hydrogens (tertiary/aromatic N) is 1. The molecular formula is C15H21NO3. The van der Waals surface area contributed by atoms with E-state index in [0.717, 1.165) is 24.2 Å². The van der Waals surface area contributed by atoms with E-state index in [1.165, 1.54) is 0 Å². The zero-order chi connectivity index (χ0) is 13.8. The van der Waals surface area contributed by atoms with Gasteiger partial charge in [-0.05, 0) is 31.0 Å². The number of carbonyl (C=O) groups is 1. The molecule has 0 spiro atoms. The fourth-order valence-corrected chi connectivity index (χ4v) is 2.43. The van der Waals surface area contributed by atoms with E-state index in [0.29, 0.717) is 12.2 Å². The Hall–Kier alpha value is -1.55. The Balaban J connectivity index is 2.19. The molecule has 0 saturated carbocycles. The number of carbonyl (C=O) groups excluding carboxylic acids is 1. The van der Waals surface area contributed by atoms with Crippen LogP contribution in [0.2, 0.25) is 0 Å². The molecular weight excluding hydrogens is 242 g/mol. The Morgan fingerprint density at radius 3 is 2.79 bits per heavy atom. The van der Waals surface area contributed by atoms with Crippen molar-refractivity contribution >= 4 is 5.91 Å². The van der Waals surface area contributed by atoms with E-state index in [2.05, 4.69) is 13.8 Å². The molecule has 0 N–H and O–H groups in total. The fraction of sp³-hybridized carbons (Fsp3) is 0.533. The standard InChI is InChI=1S/C15H21NO3/c1-4-13(5-2)16(3)15(17)11-6-7-14-12(8-11)9-18-10-19-14/h6-8,13H,4-5,9-10H2,1-3H3. The number of rotatable bonds is 4. The van der Waals surface area contributed by atoms with Gasteiger partial charge >= 0.3 is 0 Å². The quantitative estimate of drug-likeness (QED) is 0.838. The van der Waals surface area contributed by atoms with Crippen LogP contribution in [-0.4, -0.2) is 30.7 Å². The topological polar surface area (TPSA) is 38.8 Å². The first kappa shape index (κ1) is 13.9. The van der Waals surface area contributed by atoms with E-state index in [4.69, 9.17) is 9.47 Å². The van der Waals surface area contributed by atoms with Gasteiger partial charge in [-0.2, -0.15) is 0 Å². The van der Waals surface area contributed by atoms with Gasteiger partial charge in [-0.15, -0.1) is 0 Å². The molecule has 0 radical (unpaired) electrons. The molecule has 4 nitrogen and oxygen atoms in total. The van der Waals surface area contributed by atoms with Crippen LogP contribution in [0.1, 0.15) is 42.6 Å². The molecule has 1 aromatic carbocycles. The molecule has 0 unspecified atom stereocenters. The predicted octanol–water partition coefficient (Wildman–Crippen LogP) is 2.81. The maximum atomic E-state index is 12.4. The van der Waals surface area contributed by atoms with Gasteiger partial charge in [-0.3, -0.25) is 4.79 Å². The van der Waals surface area contributed by atoms with Crippen molar-refractivity contribution < 1.29 is 14.3 Å². The molecule has 0 fully saturated rings. The first-order valence-electron chi connectivity index (χ1n) is 6.78. The predicted molar refractivity (Wildman–Crippen MR) is 73.2 cm³/mol. The Labute approximate surface area is 114 Å². The second kappa shape index (κ2) is 6.06. The SMILES string of the molecule is CCC(CC)N(C)C(=O)c1ccc2c(c1)COCO2. The molecule has 1 amide bonds. The van der Waals surface area contributed by atoms with Gasteiger partial charge < -0.3 is 14.4 Å². The molecule has 0 aliphatic carbocycles. The molecule has 1 aliphatic rings. The number of fused-ring (bicyclic) bond motifs is 1. The Morgan fingerprint density at radius 1 is 1.37 bits per heavy atom. The van der Waals surface area contributed by atoms with Crippen LogP contribution in [0.25, 0.3) is 0 Å². The third kappa shape index (κ3) is 2.89. The molecule has 1 heterocycles. The highest BCUT2D eigenvalue weighted by Gasteiger charge is 2.20. The lowest BCUT2D eigenvalue weighted by Gasteiger charge is -2.27. The molecule has 0 aromatic heterocycles. The van der Waals surface area contributed by atoms with Crippen molar-refractivity contribution in [2.75, 3.05) is 13.8 Å². The van der Waals surface area contributed by atoms with Crippen molar-refractivity contribution in [3.63, 3.8) is 0 Å². The van der Waals surface area contributed by atoms with Gasteiger partial charge in [0.2, 0.25) is 0 Å². The maximum Gasteiger partial charge on any atom is 0.253 e. The molecule has 19 heavy (non-hydrogen) atoms. The van der Waals surface area contributed by atoms with Gasteiger partial charge in [-0.1, -0.05) is 13.8 Å². The molecule has 104 valence electrons. The summed E-state index contributed by atoms with van der Waals surface area (Å²) in [5.41, 5.74) is 1.64. The number of amides is 1. The van der Waals surface area contributed by atoms with E-state index < -0.39 is 0 Å². The van der Waals surface area contributed by atoms with E-state index in [1.807, 2.05) is 30.1 Å². The van der Waals surface area contributed by atoms with E-state index >= 15 is 0 Å². The van der Waals surface area contributed by atoms with Crippen molar-refractivity contribution in [1.82, 2.24) is 4.90 Å². The zero-order valence-corrected chi connectivity index (χ0v) is 11.8. The Bertz CT molecular complexity index is 455. The van der Waals surface area contributed by atoms with Crippen LogP contribution in [-0.2, 0) is 11.3 Å². The Kier molecular flexibility index (Phi) is 4.43. The normalized spacial score (nSPS) is 13.9. The average molecular weight is 263 g/mol. The summed E-state index contributed by atoms with van der Waals surface area (Å²) < 4.78 is 10.6. The number of ether oxygens (including phenoxy) is 2. The highest BCUT2D eigenvalue weighted by molar-refractivity contribution is 5.94. The summed E-state index contributed by atoms with van der Waals surface area (Å²) in [5.74, 6) is 0.870. The molecule has 0 saturated heterocycles. The minimum Gasteiger partial charge on any atom is -0.467 e. The number of benzene rings is 1. The van der Waals surface area contributed by atoms with Crippen LogP contribution in [0.4, 0.5) is 0 Å². The molecule has 4 heteroatoms. The summed E-state index contributed by atoms with van der Waals surface area (Å²) in [6.07, 6.45) is 1.94. The minimum atomic E-state index is 0.0575. The lowest BCUT2D eigenvalue weighted by atomic mass is 10.1. The van der Waals surface area contributed by atoms with Gasteiger partial charge in [-0.25, -0.2) is 0 Å². The first-order chi connectivity index (χ1) is 9.17. The van der Waals surface area contributed by atoms with Crippen molar-refractivity contribution in [3.05, 3.63) is 29.3 Å². The van der Waals surface area contributed by atoms with E-state index in [1.54, 1.807) is 0 Å². The number of hydrogen-bond donors (Lipinski definition) is 0. The molecule has 1 aromatic rings. The van der Waals surface area contributed by atoms with Crippen LogP contribution in [0.5, 0.6) is 5.75 Å². The highest BCUT2D eigenvalue weighted by Crippen LogP contribution is 2.25. The van der Waals surface area contributed by atoms with Gasteiger partial charge in [0.15, 0.2) is 6.79 Å². The maximum absolute atomic E-state index is 12.4. The van der Waals surface area contributed by atoms with Crippen LogP contribution < -0.4 is 4.74 Å². The summed E-state index contributed by atoms with van der Waals surface area (Å²) in [7, 11) is 1.87. The molecule has 2 rings (SSSR count). The van der Waals surface area contributed by atoms with Gasteiger partial charge in [0.25, 0.3) is 5.91 Å². The highest BCUT2D eigenvalue weighted by atomic mass is 16.7. The lowest BCUT2D eigenvalue weighted by molar-refractivity contribution is -0.0164. The van der Waals surface area contributed by atoms with Gasteiger partial charge in [0.05, 0.1) is 6.61 Å². The largest absolute Gasteiger partial charge is 0.467 e. The smallest absolute Gasteiger partial charge is 0.253 e. The lowest BCUT2D eigenvalue weighted by Crippen LogP contribution is -2.36. The third-order valence-electron chi connectivity index (χ3n) is 3.67. The summed E-state index contributed by atoms with van der Waals surface area (Å²) >= 11 is 0. The summed E-state index contributed by atoms with van der Waals surface area (Å²) in [5, 5.41) is 0. The molecule has 1 aliphatic heterocycles. The van der Waals surface area contributed by atoms with Crippen molar-refractivity contribution in [1.29, 1.82) is 0 Å². The first-order valence-corrected chi connectivity index (χ1v) is 6.78. The van der Waals surface area contributed by atoms with Crippen LogP contribution in [0.15, 0.2) is 18.2 Å². The second-order valence-electron chi connectivity index (χ2n) is 4.82. The van der Waals surface area contributed by atoms with Crippen LogP contribution >= 0.6 is 0 Å².